The quantitative estimate of drug-likeness (QED) is 0.835. The molecule has 2 saturated carbocycles. The molecule has 2 aliphatic heterocycles. The molecular formula is C19H29N3O3. The normalized spacial score (nSPS) is 30.1. The van der Waals surface area contributed by atoms with Gasteiger partial charge in [-0.1, -0.05) is 12.8 Å². The zero-order valence-electron chi connectivity index (χ0n) is 15.0. The third kappa shape index (κ3) is 3.04. The first-order valence-electron chi connectivity index (χ1n) is 9.78. The fourth-order valence-electron chi connectivity index (χ4n) is 5.59. The van der Waals surface area contributed by atoms with Crippen molar-refractivity contribution in [3.8, 4) is 0 Å². The highest BCUT2D eigenvalue weighted by Crippen LogP contribution is 2.63. The highest BCUT2D eigenvalue weighted by atomic mass is 16.2. The summed E-state index contributed by atoms with van der Waals surface area (Å²) in [6, 6.07) is 0. The van der Waals surface area contributed by atoms with Crippen LogP contribution in [0.5, 0.6) is 0 Å². The number of carbonyl (C=O) groups is 3. The molecule has 1 atom stereocenters. The number of carbonyl (C=O) groups excluding carboxylic acids is 3. The molecule has 6 heteroatoms. The van der Waals surface area contributed by atoms with E-state index in [-0.39, 0.29) is 23.8 Å². The Balaban J connectivity index is 1.34. The molecule has 2 heterocycles. The molecule has 4 rings (SSSR count). The van der Waals surface area contributed by atoms with Gasteiger partial charge in [-0.25, -0.2) is 0 Å². The Morgan fingerprint density at radius 2 is 1.76 bits per heavy atom. The summed E-state index contributed by atoms with van der Waals surface area (Å²) in [6.45, 7) is 2.23. The number of nitrogens with zero attached hydrogens (tertiary/aromatic N) is 2. The molecule has 0 bridgehead atoms. The van der Waals surface area contributed by atoms with Gasteiger partial charge in [-0.05, 0) is 49.4 Å². The van der Waals surface area contributed by atoms with Crippen molar-refractivity contribution >= 4 is 17.7 Å². The molecule has 4 fully saturated rings. The van der Waals surface area contributed by atoms with E-state index in [0.29, 0.717) is 24.3 Å². The van der Waals surface area contributed by atoms with Crippen molar-refractivity contribution in [3.05, 3.63) is 0 Å². The van der Waals surface area contributed by atoms with Gasteiger partial charge in [0.1, 0.15) is 0 Å². The van der Waals surface area contributed by atoms with Crippen LogP contribution in [0.25, 0.3) is 0 Å². The Bertz CT molecular complexity index is 589. The van der Waals surface area contributed by atoms with Gasteiger partial charge < -0.3 is 15.5 Å². The predicted octanol–water partition coefficient (Wildman–Crippen LogP) is 1.28. The summed E-state index contributed by atoms with van der Waals surface area (Å²) in [5, 5.41) is 0. The molecule has 138 valence electrons. The van der Waals surface area contributed by atoms with E-state index < -0.39 is 5.91 Å². The average molecular weight is 347 g/mol. The van der Waals surface area contributed by atoms with Gasteiger partial charge in [-0.15, -0.1) is 0 Å². The summed E-state index contributed by atoms with van der Waals surface area (Å²) in [6.07, 6.45) is 9.39. The lowest BCUT2D eigenvalue weighted by molar-refractivity contribution is -0.145. The van der Waals surface area contributed by atoms with Crippen LogP contribution in [-0.4, -0.2) is 53.7 Å². The predicted molar refractivity (Wildman–Crippen MR) is 92.3 cm³/mol. The number of piperidine rings is 2. The van der Waals surface area contributed by atoms with E-state index in [9.17, 15) is 14.4 Å². The van der Waals surface area contributed by atoms with Crippen LogP contribution in [0.15, 0.2) is 0 Å². The average Bonchev–Trinajstić information content (AvgIpc) is 3.07. The molecule has 0 aromatic heterocycles. The van der Waals surface area contributed by atoms with Crippen molar-refractivity contribution in [1.82, 2.24) is 9.80 Å². The van der Waals surface area contributed by atoms with Gasteiger partial charge in [0.05, 0.1) is 6.54 Å². The second kappa shape index (κ2) is 5.99. The van der Waals surface area contributed by atoms with E-state index in [4.69, 9.17) is 5.73 Å². The Hall–Kier alpha value is -1.59. The molecule has 2 saturated heterocycles. The summed E-state index contributed by atoms with van der Waals surface area (Å²) in [4.78, 5) is 39.8. The maximum atomic E-state index is 12.9. The summed E-state index contributed by atoms with van der Waals surface area (Å²) >= 11 is 0. The van der Waals surface area contributed by atoms with E-state index >= 15 is 0 Å². The van der Waals surface area contributed by atoms with Crippen LogP contribution in [-0.2, 0) is 14.4 Å². The Morgan fingerprint density at radius 1 is 1.08 bits per heavy atom. The van der Waals surface area contributed by atoms with Gasteiger partial charge >= 0.3 is 0 Å². The minimum atomic E-state index is -0.450. The van der Waals surface area contributed by atoms with Gasteiger partial charge in [0.25, 0.3) is 0 Å². The molecule has 4 aliphatic rings. The Labute approximate surface area is 149 Å². The first-order valence-corrected chi connectivity index (χ1v) is 9.78. The number of amides is 3. The number of hydrogen-bond donors (Lipinski definition) is 1. The monoisotopic (exact) mass is 347 g/mol. The fraction of sp³-hybridized carbons (Fsp3) is 0.842. The molecule has 0 radical (unpaired) electrons. The summed E-state index contributed by atoms with van der Waals surface area (Å²) in [5.74, 6) is 0.235. The lowest BCUT2D eigenvalue weighted by Gasteiger charge is -2.47. The van der Waals surface area contributed by atoms with E-state index in [0.717, 1.165) is 38.8 Å². The molecule has 3 amide bonds. The number of likely N-dealkylation sites (tertiary alicyclic amines) is 2. The van der Waals surface area contributed by atoms with Crippen molar-refractivity contribution in [2.24, 2.45) is 22.5 Å². The third-order valence-corrected chi connectivity index (χ3v) is 7.32. The highest BCUT2D eigenvalue weighted by molar-refractivity contribution is 5.84. The number of primary amides is 1. The largest absolute Gasteiger partial charge is 0.368 e. The standard InChI is InChI=1S/C19H29N3O3/c20-15(23)12-22-13-18(6-3-16(22)24)7-9-21(10-8-18)17(25)14-11-19(14)4-1-2-5-19/h14H,1-13H2,(H2,20,23). The van der Waals surface area contributed by atoms with Crippen LogP contribution in [0, 0.1) is 16.7 Å². The summed E-state index contributed by atoms with van der Waals surface area (Å²) in [7, 11) is 0. The molecular weight excluding hydrogens is 318 g/mol. The van der Waals surface area contributed by atoms with Crippen LogP contribution in [0.2, 0.25) is 0 Å². The lowest BCUT2D eigenvalue weighted by Crippen LogP contribution is -2.54. The number of rotatable bonds is 3. The van der Waals surface area contributed by atoms with Crippen molar-refractivity contribution in [3.63, 3.8) is 0 Å². The topological polar surface area (TPSA) is 83.7 Å². The van der Waals surface area contributed by atoms with E-state index in [1.807, 2.05) is 0 Å². The minimum Gasteiger partial charge on any atom is -0.368 e. The van der Waals surface area contributed by atoms with Gasteiger partial charge in [0.15, 0.2) is 0 Å². The maximum Gasteiger partial charge on any atom is 0.237 e. The molecule has 2 N–H and O–H groups in total. The van der Waals surface area contributed by atoms with E-state index in [2.05, 4.69) is 4.90 Å². The van der Waals surface area contributed by atoms with E-state index in [1.165, 1.54) is 25.7 Å². The van der Waals surface area contributed by atoms with Gasteiger partial charge in [-0.3, -0.25) is 14.4 Å². The van der Waals surface area contributed by atoms with Crippen LogP contribution >= 0.6 is 0 Å². The second-order valence-corrected chi connectivity index (χ2v) is 8.87. The molecule has 1 unspecified atom stereocenters. The van der Waals surface area contributed by atoms with Crippen LogP contribution < -0.4 is 5.73 Å². The fourth-order valence-corrected chi connectivity index (χ4v) is 5.59. The highest BCUT2D eigenvalue weighted by Gasteiger charge is 2.59. The van der Waals surface area contributed by atoms with Crippen molar-refractivity contribution in [1.29, 1.82) is 0 Å². The van der Waals surface area contributed by atoms with Crippen molar-refractivity contribution in [2.45, 2.75) is 57.8 Å². The van der Waals surface area contributed by atoms with Gasteiger partial charge in [0, 0.05) is 32.0 Å². The Kier molecular flexibility index (Phi) is 4.04. The van der Waals surface area contributed by atoms with Crippen molar-refractivity contribution < 1.29 is 14.4 Å². The number of nitrogens with two attached hydrogens (primary N) is 1. The zero-order valence-corrected chi connectivity index (χ0v) is 15.0. The van der Waals surface area contributed by atoms with Crippen LogP contribution in [0.1, 0.15) is 57.8 Å². The molecule has 2 spiro atoms. The van der Waals surface area contributed by atoms with Crippen LogP contribution in [0.3, 0.4) is 0 Å². The molecule has 0 aromatic rings. The third-order valence-electron chi connectivity index (χ3n) is 7.32. The Morgan fingerprint density at radius 3 is 2.40 bits per heavy atom. The van der Waals surface area contributed by atoms with E-state index in [1.54, 1.807) is 4.90 Å². The minimum absolute atomic E-state index is 0.0216. The van der Waals surface area contributed by atoms with Crippen LogP contribution in [0.4, 0.5) is 0 Å². The smallest absolute Gasteiger partial charge is 0.237 e. The zero-order chi connectivity index (χ0) is 17.7. The molecule has 0 aromatic carbocycles. The second-order valence-electron chi connectivity index (χ2n) is 8.87. The van der Waals surface area contributed by atoms with Gasteiger partial charge in [0.2, 0.25) is 17.7 Å². The van der Waals surface area contributed by atoms with Gasteiger partial charge in [-0.2, -0.15) is 0 Å². The summed E-state index contributed by atoms with van der Waals surface area (Å²) < 4.78 is 0. The molecule has 25 heavy (non-hydrogen) atoms. The molecule has 2 aliphatic carbocycles. The summed E-state index contributed by atoms with van der Waals surface area (Å²) in [5.41, 5.74) is 5.70. The number of hydrogen-bond acceptors (Lipinski definition) is 3. The first kappa shape index (κ1) is 16.9. The maximum absolute atomic E-state index is 12.9. The SMILES string of the molecule is NC(=O)CN1CC2(CCC1=O)CCN(C(=O)C1CC13CCCC3)CC2. The lowest BCUT2D eigenvalue weighted by atomic mass is 9.72. The molecule has 6 nitrogen and oxygen atoms in total. The van der Waals surface area contributed by atoms with Crippen molar-refractivity contribution in [2.75, 3.05) is 26.2 Å². The first-order chi connectivity index (χ1) is 11.9.